The Balaban J connectivity index is 1.47. The van der Waals surface area contributed by atoms with E-state index in [-0.39, 0.29) is 24.3 Å². The van der Waals surface area contributed by atoms with Crippen LogP contribution in [-0.4, -0.2) is 49.8 Å². The van der Waals surface area contributed by atoms with Gasteiger partial charge in [-0.05, 0) is 56.1 Å². The molecule has 3 aliphatic rings. The number of nitrogens with one attached hydrogen (secondary N) is 1. The molecular weight excluding hydrogens is 419 g/mol. The number of rotatable bonds is 6. The molecule has 0 radical (unpaired) electrons. The summed E-state index contributed by atoms with van der Waals surface area (Å²) in [6.07, 6.45) is 2.25. The number of nitrogens with zero attached hydrogens (tertiary/aromatic N) is 1. The van der Waals surface area contributed by atoms with Crippen molar-refractivity contribution >= 4 is 28.5 Å². The van der Waals surface area contributed by atoms with Crippen LogP contribution in [0, 0.1) is 5.92 Å². The molecule has 1 N–H and O–H groups in total. The van der Waals surface area contributed by atoms with Crippen molar-refractivity contribution in [1.29, 1.82) is 0 Å². The second-order valence-corrected chi connectivity index (χ2v) is 8.67. The minimum atomic E-state index is -0.579. The Kier molecular flexibility index (Phi) is 5.59. The van der Waals surface area contributed by atoms with Crippen LogP contribution < -0.4 is 10.1 Å². The van der Waals surface area contributed by atoms with Crippen molar-refractivity contribution in [3.63, 3.8) is 0 Å². The highest BCUT2D eigenvalue weighted by Gasteiger charge is 2.35. The molecule has 1 atom stereocenters. The molecule has 1 aromatic heterocycles. The highest BCUT2D eigenvalue weighted by molar-refractivity contribution is 6.32. The lowest BCUT2D eigenvalue weighted by molar-refractivity contribution is 0.0607. The van der Waals surface area contributed by atoms with Gasteiger partial charge in [-0.15, -0.1) is 0 Å². The van der Waals surface area contributed by atoms with Gasteiger partial charge in [-0.2, -0.15) is 0 Å². The van der Waals surface area contributed by atoms with Gasteiger partial charge in [-0.3, -0.25) is 4.79 Å². The van der Waals surface area contributed by atoms with E-state index in [0.29, 0.717) is 27.8 Å². The van der Waals surface area contributed by atoms with Crippen molar-refractivity contribution in [2.75, 3.05) is 32.9 Å². The summed E-state index contributed by atoms with van der Waals surface area (Å²) >= 11 is 6.37. The molecular formula is C24H24ClFN2O3. The number of halogens is 2. The molecule has 3 saturated heterocycles. The molecule has 1 amide bonds. The number of para-hydroxylation sites is 1. The van der Waals surface area contributed by atoms with Crippen LogP contribution in [0.3, 0.4) is 0 Å². The van der Waals surface area contributed by atoms with E-state index in [9.17, 15) is 9.18 Å². The lowest BCUT2D eigenvalue weighted by Gasteiger charge is -2.44. The Labute approximate surface area is 185 Å². The van der Waals surface area contributed by atoms with Crippen molar-refractivity contribution in [1.82, 2.24) is 10.2 Å². The average molecular weight is 443 g/mol. The van der Waals surface area contributed by atoms with E-state index in [0.717, 1.165) is 43.4 Å². The molecule has 2 bridgehead atoms. The highest BCUT2D eigenvalue weighted by Crippen LogP contribution is 2.38. The zero-order valence-corrected chi connectivity index (χ0v) is 17.8. The number of hydrogen-bond donors (Lipinski definition) is 1. The number of piperidine rings is 3. The van der Waals surface area contributed by atoms with Crippen molar-refractivity contribution in [3.05, 3.63) is 53.2 Å². The third-order valence-corrected chi connectivity index (χ3v) is 6.51. The molecule has 3 fully saturated rings. The summed E-state index contributed by atoms with van der Waals surface area (Å²) in [5, 5.41) is 4.43. The van der Waals surface area contributed by atoms with Gasteiger partial charge in [0.25, 0.3) is 5.91 Å². The maximum absolute atomic E-state index is 13.0. The molecule has 31 heavy (non-hydrogen) atoms. The standard InChI is InChI=1S/C24H24ClFN2O3/c25-17-11-16-12-22(24(29)27-20-14-28-8-5-15(20)6-9-28)31-23(16)19(13-17)18-3-1-2-4-21(18)30-10-7-26/h1-4,11-13,15,20H,5-10,14H2,(H,27,29). The largest absolute Gasteiger partial charge is 0.490 e. The van der Waals surface area contributed by atoms with Crippen LogP contribution in [0.4, 0.5) is 4.39 Å². The molecule has 162 valence electrons. The number of ether oxygens (including phenoxy) is 1. The lowest BCUT2D eigenvalue weighted by atomic mass is 9.84. The topological polar surface area (TPSA) is 54.7 Å². The zero-order valence-electron chi connectivity index (χ0n) is 17.1. The smallest absolute Gasteiger partial charge is 0.287 e. The number of furan rings is 1. The summed E-state index contributed by atoms with van der Waals surface area (Å²) in [6, 6.07) is 12.8. The second kappa shape index (κ2) is 8.52. The molecule has 3 aliphatic heterocycles. The van der Waals surface area contributed by atoms with Crippen LogP contribution in [0.1, 0.15) is 23.4 Å². The van der Waals surface area contributed by atoms with Crippen LogP contribution in [0.15, 0.2) is 46.9 Å². The van der Waals surface area contributed by atoms with Gasteiger partial charge in [0.2, 0.25) is 0 Å². The number of fused-ring (bicyclic) bond motifs is 4. The Morgan fingerprint density at radius 3 is 2.74 bits per heavy atom. The van der Waals surface area contributed by atoms with Crippen LogP contribution in [0.25, 0.3) is 22.1 Å². The van der Waals surface area contributed by atoms with Gasteiger partial charge in [0.1, 0.15) is 24.6 Å². The predicted octanol–water partition coefficient (Wildman–Crippen LogP) is 4.93. The van der Waals surface area contributed by atoms with Crippen LogP contribution in [-0.2, 0) is 0 Å². The Morgan fingerprint density at radius 2 is 2.00 bits per heavy atom. The molecule has 0 aliphatic carbocycles. The lowest BCUT2D eigenvalue weighted by Crippen LogP contribution is -2.57. The van der Waals surface area contributed by atoms with E-state index in [4.69, 9.17) is 20.8 Å². The van der Waals surface area contributed by atoms with E-state index in [1.54, 1.807) is 24.3 Å². The molecule has 3 aromatic rings. The van der Waals surface area contributed by atoms with E-state index in [1.165, 1.54) is 0 Å². The van der Waals surface area contributed by atoms with Crippen LogP contribution in [0.2, 0.25) is 5.02 Å². The number of amides is 1. The number of carbonyl (C=O) groups is 1. The summed E-state index contributed by atoms with van der Waals surface area (Å²) < 4.78 is 24.3. The van der Waals surface area contributed by atoms with E-state index in [1.807, 2.05) is 18.2 Å². The van der Waals surface area contributed by atoms with Crippen LogP contribution >= 0.6 is 11.6 Å². The molecule has 0 saturated carbocycles. The molecule has 0 spiro atoms. The highest BCUT2D eigenvalue weighted by atomic mass is 35.5. The van der Waals surface area contributed by atoms with Gasteiger partial charge in [0.05, 0.1) is 0 Å². The van der Waals surface area contributed by atoms with Crippen molar-refractivity contribution in [2.24, 2.45) is 5.92 Å². The summed E-state index contributed by atoms with van der Waals surface area (Å²) in [5.41, 5.74) is 2.00. The summed E-state index contributed by atoms with van der Waals surface area (Å²) in [4.78, 5) is 15.4. The molecule has 2 aromatic carbocycles. The third-order valence-electron chi connectivity index (χ3n) is 6.29. The van der Waals surface area contributed by atoms with E-state index < -0.39 is 6.67 Å². The monoisotopic (exact) mass is 442 g/mol. The predicted molar refractivity (Wildman–Crippen MR) is 119 cm³/mol. The molecule has 1 unspecified atom stereocenters. The average Bonchev–Trinajstić information content (AvgIpc) is 3.22. The Bertz CT molecular complexity index is 1110. The first-order valence-electron chi connectivity index (χ1n) is 10.7. The maximum atomic E-state index is 13.0. The first-order chi connectivity index (χ1) is 15.1. The van der Waals surface area contributed by atoms with Gasteiger partial charge in [-0.25, -0.2) is 4.39 Å². The Hall–Kier alpha value is -2.57. The minimum Gasteiger partial charge on any atom is -0.490 e. The normalized spacial score (nSPS) is 22.6. The first kappa shape index (κ1) is 20.3. The van der Waals surface area contributed by atoms with Gasteiger partial charge in [-0.1, -0.05) is 29.8 Å². The SMILES string of the molecule is O=C(NC1CN2CCC1CC2)c1cc2cc(Cl)cc(-c3ccccc3OCCF)c2o1. The number of alkyl halides is 1. The molecule has 7 heteroatoms. The second-order valence-electron chi connectivity index (χ2n) is 8.23. The van der Waals surface area contributed by atoms with Crippen molar-refractivity contribution in [2.45, 2.75) is 18.9 Å². The summed E-state index contributed by atoms with van der Waals surface area (Å²) in [5.74, 6) is 1.12. The fourth-order valence-electron chi connectivity index (χ4n) is 4.76. The van der Waals surface area contributed by atoms with Gasteiger partial charge in [0.15, 0.2) is 5.76 Å². The first-order valence-corrected chi connectivity index (χ1v) is 11.0. The van der Waals surface area contributed by atoms with Crippen LogP contribution in [0.5, 0.6) is 5.75 Å². The quantitative estimate of drug-likeness (QED) is 0.588. The zero-order chi connectivity index (χ0) is 21.4. The van der Waals surface area contributed by atoms with Crippen molar-refractivity contribution < 1.29 is 18.3 Å². The fourth-order valence-corrected chi connectivity index (χ4v) is 4.99. The summed E-state index contributed by atoms with van der Waals surface area (Å²) in [6.45, 7) is 2.52. The van der Waals surface area contributed by atoms with Gasteiger partial charge in [0, 0.05) is 34.1 Å². The van der Waals surface area contributed by atoms with Gasteiger partial charge >= 0.3 is 0 Å². The molecule has 4 heterocycles. The Morgan fingerprint density at radius 1 is 1.19 bits per heavy atom. The molecule has 6 rings (SSSR count). The van der Waals surface area contributed by atoms with E-state index in [2.05, 4.69) is 10.2 Å². The third kappa shape index (κ3) is 4.02. The number of carbonyl (C=O) groups excluding carboxylic acids is 1. The number of benzene rings is 2. The van der Waals surface area contributed by atoms with Gasteiger partial charge < -0.3 is 19.4 Å². The molecule has 5 nitrogen and oxygen atoms in total. The van der Waals surface area contributed by atoms with Crippen molar-refractivity contribution in [3.8, 4) is 16.9 Å². The van der Waals surface area contributed by atoms with E-state index >= 15 is 0 Å². The number of hydrogen-bond acceptors (Lipinski definition) is 4. The maximum Gasteiger partial charge on any atom is 0.287 e. The summed E-state index contributed by atoms with van der Waals surface area (Å²) in [7, 11) is 0. The fraction of sp³-hybridized carbons (Fsp3) is 0.375. The minimum absolute atomic E-state index is 0.0356.